The van der Waals surface area contributed by atoms with Crippen LogP contribution in [0, 0.1) is 0 Å². The fourth-order valence-corrected chi connectivity index (χ4v) is 3.26. The minimum atomic E-state index is -0.0933. The molecule has 28 heavy (non-hydrogen) atoms. The van der Waals surface area contributed by atoms with E-state index in [9.17, 15) is 4.79 Å². The van der Waals surface area contributed by atoms with E-state index in [-0.39, 0.29) is 29.9 Å². The van der Waals surface area contributed by atoms with Gasteiger partial charge in [0.2, 0.25) is 5.91 Å². The van der Waals surface area contributed by atoms with Gasteiger partial charge in [-0.05, 0) is 45.0 Å². The number of amides is 1. The second-order valence-corrected chi connectivity index (χ2v) is 6.63. The van der Waals surface area contributed by atoms with Gasteiger partial charge in [0.1, 0.15) is 12.4 Å². The third-order valence-corrected chi connectivity index (χ3v) is 4.53. The zero-order chi connectivity index (χ0) is 19.5. The topological polar surface area (TPSA) is 78.0 Å². The molecule has 1 aliphatic rings. The van der Waals surface area contributed by atoms with E-state index in [0.29, 0.717) is 19.2 Å². The van der Waals surface area contributed by atoms with Crippen molar-refractivity contribution in [1.29, 1.82) is 0 Å². The maximum Gasteiger partial charge on any atom is 0.221 e. The largest absolute Gasteiger partial charge is 0.492 e. The molecule has 0 aliphatic carbocycles. The SMILES string of the molecule is CCNC(=NCC1CCCN1CC)NCCOc1cccc(NC(C)=O)c1.I. The molecule has 0 bridgehead atoms. The van der Waals surface area contributed by atoms with Crippen LogP contribution in [0.5, 0.6) is 5.75 Å². The van der Waals surface area contributed by atoms with Crippen LogP contribution in [0.4, 0.5) is 5.69 Å². The van der Waals surface area contributed by atoms with E-state index in [1.165, 1.54) is 26.3 Å². The molecule has 1 saturated heterocycles. The maximum absolute atomic E-state index is 11.1. The molecule has 1 heterocycles. The summed E-state index contributed by atoms with van der Waals surface area (Å²) in [7, 11) is 0. The van der Waals surface area contributed by atoms with Crippen LogP contribution in [0.3, 0.4) is 0 Å². The number of benzene rings is 1. The van der Waals surface area contributed by atoms with Gasteiger partial charge in [0, 0.05) is 31.3 Å². The first kappa shape index (κ1) is 24.5. The molecular formula is C20H34IN5O2. The molecule has 1 amide bonds. The second kappa shape index (κ2) is 13.6. The molecule has 2 rings (SSSR count). The fourth-order valence-electron chi connectivity index (χ4n) is 3.26. The van der Waals surface area contributed by atoms with E-state index in [1.807, 2.05) is 24.3 Å². The summed E-state index contributed by atoms with van der Waals surface area (Å²) >= 11 is 0. The number of likely N-dealkylation sites (tertiary alicyclic amines) is 1. The smallest absolute Gasteiger partial charge is 0.221 e. The summed E-state index contributed by atoms with van der Waals surface area (Å²) in [6, 6.07) is 7.95. The molecular weight excluding hydrogens is 469 g/mol. The van der Waals surface area contributed by atoms with Crippen molar-refractivity contribution in [1.82, 2.24) is 15.5 Å². The van der Waals surface area contributed by atoms with Crippen molar-refractivity contribution in [2.75, 3.05) is 44.6 Å². The average molecular weight is 503 g/mol. The number of rotatable bonds is 9. The number of halogens is 1. The first-order valence-electron chi connectivity index (χ1n) is 9.89. The number of hydrogen-bond acceptors (Lipinski definition) is 4. The summed E-state index contributed by atoms with van der Waals surface area (Å²) in [5.74, 6) is 1.47. The summed E-state index contributed by atoms with van der Waals surface area (Å²) < 4.78 is 5.76. The van der Waals surface area contributed by atoms with Crippen molar-refractivity contribution in [3.05, 3.63) is 24.3 Å². The monoisotopic (exact) mass is 503 g/mol. The lowest BCUT2D eigenvalue weighted by molar-refractivity contribution is -0.114. The Hall–Kier alpha value is -1.55. The van der Waals surface area contributed by atoms with E-state index in [2.05, 4.69) is 34.7 Å². The number of nitrogens with zero attached hydrogens (tertiary/aromatic N) is 2. The molecule has 1 aliphatic heterocycles. The molecule has 8 heteroatoms. The highest BCUT2D eigenvalue weighted by molar-refractivity contribution is 14.0. The second-order valence-electron chi connectivity index (χ2n) is 6.63. The van der Waals surface area contributed by atoms with Crippen LogP contribution in [-0.2, 0) is 4.79 Å². The average Bonchev–Trinajstić information content (AvgIpc) is 3.10. The number of carbonyl (C=O) groups excluding carboxylic acids is 1. The Morgan fingerprint density at radius 3 is 2.86 bits per heavy atom. The van der Waals surface area contributed by atoms with Crippen molar-refractivity contribution in [2.24, 2.45) is 4.99 Å². The Morgan fingerprint density at radius 1 is 1.32 bits per heavy atom. The van der Waals surface area contributed by atoms with E-state index >= 15 is 0 Å². The highest BCUT2D eigenvalue weighted by atomic mass is 127. The summed E-state index contributed by atoms with van der Waals surface area (Å²) in [6.45, 7) is 10.9. The van der Waals surface area contributed by atoms with Gasteiger partial charge in [-0.2, -0.15) is 0 Å². The van der Waals surface area contributed by atoms with Crippen molar-refractivity contribution in [3.8, 4) is 5.75 Å². The van der Waals surface area contributed by atoms with Gasteiger partial charge >= 0.3 is 0 Å². The Labute approximate surface area is 185 Å². The first-order chi connectivity index (χ1) is 13.1. The van der Waals surface area contributed by atoms with Crippen LogP contribution >= 0.6 is 24.0 Å². The minimum absolute atomic E-state index is 0. The van der Waals surface area contributed by atoms with Crippen LogP contribution in [0.25, 0.3) is 0 Å². The van der Waals surface area contributed by atoms with Gasteiger partial charge in [-0.25, -0.2) is 0 Å². The number of anilines is 1. The third-order valence-electron chi connectivity index (χ3n) is 4.53. The molecule has 0 aromatic heterocycles. The number of ether oxygens (including phenoxy) is 1. The molecule has 7 nitrogen and oxygen atoms in total. The summed E-state index contributed by atoms with van der Waals surface area (Å²) in [5, 5.41) is 9.36. The first-order valence-corrected chi connectivity index (χ1v) is 9.89. The van der Waals surface area contributed by atoms with Crippen LogP contribution in [0.2, 0.25) is 0 Å². The molecule has 0 saturated carbocycles. The number of nitrogens with one attached hydrogen (secondary N) is 3. The summed E-state index contributed by atoms with van der Waals surface area (Å²) in [4.78, 5) is 18.4. The van der Waals surface area contributed by atoms with Gasteiger partial charge in [0.15, 0.2) is 5.96 Å². The van der Waals surface area contributed by atoms with Crippen molar-refractivity contribution in [3.63, 3.8) is 0 Å². The van der Waals surface area contributed by atoms with Gasteiger partial charge in [-0.15, -0.1) is 24.0 Å². The molecule has 1 fully saturated rings. The lowest BCUT2D eigenvalue weighted by atomic mass is 10.2. The van der Waals surface area contributed by atoms with Crippen LogP contribution in [-0.4, -0.2) is 62.1 Å². The summed E-state index contributed by atoms with van der Waals surface area (Å²) in [6.07, 6.45) is 2.49. The molecule has 1 atom stereocenters. The van der Waals surface area contributed by atoms with E-state index in [4.69, 9.17) is 9.73 Å². The molecule has 3 N–H and O–H groups in total. The van der Waals surface area contributed by atoms with E-state index < -0.39 is 0 Å². The molecule has 158 valence electrons. The van der Waals surface area contributed by atoms with Gasteiger partial charge in [0.05, 0.1) is 13.1 Å². The van der Waals surface area contributed by atoms with Crippen molar-refractivity contribution >= 4 is 41.5 Å². The van der Waals surface area contributed by atoms with Gasteiger partial charge < -0.3 is 20.7 Å². The highest BCUT2D eigenvalue weighted by Crippen LogP contribution is 2.17. The normalized spacial score (nSPS) is 17.0. The molecule has 1 unspecified atom stereocenters. The van der Waals surface area contributed by atoms with Crippen molar-refractivity contribution < 1.29 is 9.53 Å². The maximum atomic E-state index is 11.1. The quantitative estimate of drug-likeness (QED) is 0.209. The lowest BCUT2D eigenvalue weighted by Crippen LogP contribution is -2.40. The molecule has 0 spiro atoms. The Bertz CT molecular complexity index is 626. The van der Waals surface area contributed by atoms with Gasteiger partial charge in [-0.3, -0.25) is 14.7 Å². The number of hydrogen-bond donors (Lipinski definition) is 3. The minimum Gasteiger partial charge on any atom is -0.492 e. The fraction of sp³-hybridized carbons (Fsp3) is 0.600. The van der Waals surface area contributed by atoms with Crippen LogP contribution in [0.15, 0.2) is 29.3 Å². The predicted molar refractivity (Wildman–Crippen MR) is 126 cm³/mol. The van der Waals surface area contributed by atoms with Crippen molar-refractivity contribution in [2.45, 2.75) is 39.7 Å². The Balaban J connectivity index is 0.00000392. The zero-order valence-electron chi connectivity index (χ0n) is 17.2. The predicted octanol–water partition coefficient (Wildman–Crippen LogP) is 2.68. The number of guanidine groups is 1. The third kappa shape index (κ3) is 8.64. The zero-order valence-corrected chi connectivity index (χ0v) is 19.5. The van der Waals surface area contributed by atoms with Crippen LogP contribution < -0.4 is 20.7 Å². The number of likely N-dealkylation sites (N-methyl/N-ethyl adjacent to an activating group) is 1. The highest BCUT2D eigenvalue weighted by Gasteiger charge is 2.22. The summed E-state index contributed by atoms with van der Waals surface area (Å²) in [5.41, 5.74) is 0.736. The van der Waals surface area contributed by atoms with E-state index in [0.717, 1.165) is 37.0 Å². The van der Waals surface area contributed by atoms with Crippen LogP contribution in [0.1, 0.15) is 33.6 Å². The molecule has 1 aromatic carbocycles. The number of carbonyl (C=O) groups is 1. The Morgan fingerprint density at radius 2 is 2.14 bits per heavy atom. The standard InChI is InChI=1S/C20H33N5O2.HI/c1-4-21-20(23-15-18-9-7-12-25(18)5-2)22-11-13-27-19-10-6-8-17(14-19)24-16(3)26;/h6,8,10,14,18H,4-5,7,9,11-13,15H2,1-3H3,(H,24,26)(H2,21,22,23);1H. The lowest BCUT2D eigenvalue weighted by Gasteiger charge is -2.21. The molecule has 0 radical (unpaired) electrons. The molecule has 1 aromatic rings. The Kier molecular flexibility index (Phi) is 11.9. The van der Waals surface area contributed by atoms with Gasteiger partial charge in [-0.1, -0.05) is 13.0 Å². The van der Waals surface area contributed by atoms with E-state index in [1.54, 1.807) is 0 Å². The van der Waals surface area contributed by atoms with Gasteiger partial charge in [0.25, 0.3) is 0 Å². The number of aliphatic imine (C=N–C) groups is 1.